The van der Waals surface area contributed by atoms with Gasteiger partial charge in [-0.15, -0.1) is 0 Å². The molecule has 6 nitrogen and oxygen atoms in total. The Labute approximate surface area is 131 Å². The summed E-state index contributed by atoms with van der Waals surface area (Å²) in [6.45, 7) is 2.26. The van der Waals surface area contributed by atoms with E-state index >= 15 is 0 Å². The van der Waals surface area contributed by atoms with Crippen molar-refractivity contribution < 1.29 is 18.0 Å². The molecule has 2 aliphatic heterocycles. The first-order chi connectivity index (χ1) is 10.3. The molecule has 2 atom stereocenters. The Balaban J connectivity index is 1.60. The summed E-state index contributed by atoms with van der Waals surface area (Å²) in [6, 6.07) is 0.299. The number of rotatable bonds is 3. The number of carbonyl (C=O) groups is 2. The molecule has 7 heteroatoms. The molecule has 124 valence electrons. The van der Waals surface area contributed by atoms with Gasteiger partial charge in [-0.1, -0.05) is 12.8 Å². The molecule has 0 bridgehead atoms. The van der Waals surface area contributed by atoms with Crippen LogP contribution in [0.4, 0.5) is 0 Å². The Morgan fingerprint density at radius 2 is 2.00 bits per heavy atom. The quantitative estimate of drug-likeness (QED) is 0.816. The van der Waals surface area contributed by atoms with Crippen molar-refractivity contribution in [1.82, 2.24) is 10.2 Å². The maximum Gasteiger partial charge on any atom is 0.225 e. The van der Waals surface area contributed by atoms with E-state index in [4.69, 9.17) is 0 Å². The van der Waals surface area contributed by atoms with Gasteiger partial charge in [0.15, 0.2) is 9.84 Å². The van der Waals surface area contributed by atoms with Crippen LogP contribution in [-0.2, 0) is 19.4 Å². The highest BCUT2D eigenvalue weighted by Crippen LogP contribution is 2.30. The maximum absolute atomic E-state index is 12.4. The SMILES string of the molecule is CC1(NC(=O)C2CC(=O)N(C3CCCC3)C2)CCS(=O)(=O)C1. The monoisotopic (exact) mass is 328 g/mol. The second kappa shape index (κ2) is 5.51. The zero-order chi connectivity index (χ0) is 16.0. The summed E-state index contributed by atoms with van der Waals surface area (Å²) in [5.74, 6) is -0.321. The molecule has 1 N–H and O–H groups in total. The van der Waals surface area contributed by atoms with Gasteiger partial charge in [0.2, 0.25) is 11.8 Å². The predicted octanol–water partition coefficient (Wildman–Crippen LogP) is 0.471. The number of hydrogen-bond donors (Lipinski definition) is 1. The summed E-state index contributed by atoms with van der Waals surface area (Å²) in [5.41, 5.74) is -0.681. The van der Waals surface area contributed by atoms with Crippen LogP contribution in [0.2, 0.25) is 0 Å². The lowest BCUT2D eigenvalue weighted by molar-refractivity contribution is -0.130. The molecule has 0 aromatic rings. The molecule has 2 heterocycles. The van der Waals surface area contributed by atoms with Gasteiger partial charge in [0, 0.05) is 19.0 Å². The zero-order valence-electron chi connectivity index (χ0n) is 13.0. The van der Waals surface area contributed by atoms with E-state index < -0.39 is 15.4 Å². The van der Waals surface area contributed by atoms with Crippen molar-refractivity contribution >= 4 is 21.7 Å². The average molecular weight is 328 g/mol. The van der Waals surface area contributed by atoms with Crippen molar-refractivity contribution in [2.75, 3.05) is 18.1 Å². The van der Waals surface area contributed by atoms with E-state index in [2.05, 4.69) is 5.32 Å². The Morgan fingerprint density at radius 1 is 1.32 bits per heavy atom. The van der Waals surface area contributed by atoms with Crippen molar-refractivity contribution in [2.45, 2.75) is 57.0 Å². The number of nitrogens with one attached hydrogen (secondary N) is 1. The van der Waals surface area contributed by atoms with Crippen LogP contribution in [0.5, 0.6) is 0 Å². The van der Waals surface area contributed by atoms with Gasteiger partial charge in [0.1, 0.15) is 0 Å². The van der Waals surface area contributed by atoms with E-state index in [0.717, 1.165) is 25.7 Å². The second-order valence-electron chi connectivity index (χ2n) is 7.28. The molecule has 1 saturated carbocycles. The van der Waals surface area contributed by atoms with Gasteiger partial charge in [0.05, 0.1) is 23.0 Å². The number of sulfone groups is 1. The molecule has 2 saturated heterocycles. The Bertz CT molecular complexity index is 582. The summed E-state index contributed by atoms with van der Waals surface area (Å²) >= 11 is 0. The normalized spacial score (nSPS) is 35.2. The molecule has 0 radical (unpaired) electrons. The van der Waals surface area contributed by atoms with Gasteiger partial charge < -0.3 is 10.2 Å². The third-order valence-corrected chi connectivity index (χ3v) is 7.13. The molecule has 2 unspecified atom stereocenters. The Kier molecular flexibility index (Phi) is 3.95. The minimum absolute atomic E-state index is 0.00124. The molecular weight excluding hydrogens is 304 g/mol. The lowest BCUT2D eigenvalue weighted by Gasteiger charge is -2.27. The summed E-state index contributed by atoms with van der Waals surface area (Å²) in [4.78, 5) is 26.5. The van der Waals surface area contributed by atoms with Gasteiger partial charge in [-0.25, -0.2) is 8.42 Å². The number of hydrogen-bond acceptors (Lipinski definition) is 4. The van der Waals surface area contributed by atoms with Crippen LogP contribution < -0.4 is 5.32 Å². The van der Waals surface area contributed by atoms with E-state index in [-0.39, 0.29) is 35.7 Å². The van der Waals surface area contributed by atoms with E-state index in [0.29, 0.717) is 19.0 Å². The van der Waals surface area contributed by atoms with E-state index in [1.54, 1.807) is 6.92 Å². The van der Waals surface area contributed by atoms with Crippen LogP contribution in [0.1, 0.15) is 45.4 Å². The van der Waals surface area contributed by atoms with Gasteiger partial charge in [-0.3, -0.25) is 9.59 Å². The topological polar surface area (TPSA) is 83.6 Å². The van der Waals surface area contributed by atoms with Gasteiger partial charge in [-0.2, -0.15) is 0 Å². The highest BCUT2D eigenvalue weighted by atomic mass is 32.2. The molecule has 3 fully saturated rings. The van der Waals surface area contributed by atoms with Crippen LogP contribution in [0.3, 0.4) is 0 Å². The minimum Gasteiger partial charge on any atom is -0.350 e. The molecule has 0 aromatic heterocycles. The summed E-state index contributed by atoms with van der Waals surface area (Å²) < 4.78 is 23.2. The van der Waals surface area contributed by atoms with Crippen molar-refractivity contribution in [3.63, 3.8) is 0 Å². The molecule has 2 amide bonds. The summed E-state index contributed by atoms with van der Waals surface area (Å²) in [6.07, 6.45) is 5.09. The zero-order valence-corrected chi connectivity index (χ0v) is 13.8. The first-order valence-electron chi connectivity index (χ1n) is 8.10. The standard InChI is InChI=1S/C15H24N2O4S/c1-15(6-7-22(20,21)10-15)16-14(19)11-8-13(18)17(9-11)12-4-2-3-5-12/h11-12H,2-10H2,1H3,(H,16,19). The van der Waals surface area contributed by atoms with Crippen molar-refractivity contribution in [3.8, 4) is 0 Å². The molecule has 3 rings (SSSR count). The maximum atomic E-state index is 12.4. The average Bonchev–Trinajstić information content (AvgIpc) is 3.09. The molecular formula is C15H24N2O4S. The van der Waals surface area contributed by atoms with Gasteiger partial charge in [0.25, 0.3) is 0 Å². The first kappa shape index (κ1) is 15.8. The van der Waals surface area contributed by atoms with E-state index in [1.165, 1.54) is 0 Å². The van der Waals surface area contributed by atoms with E-state index in [1.807, 2.05) is 4.90 Å². The number of likely N-dealkylation sites (tertiary alicyclic amines) is 1. The van der Waals surface area contributed by atoms with Gasteiger partial charge >= 0.3 is 0 Å². The second-order valence-corrected chi connectivity index (χ2v) is 9.46. The van der Waals surface area contributed by atoms with Crippen LogP contribution >= 0.6 is 0 Å². The largest absolute Gasteiger partial charge is 0.350 e. The lowest BCUT2D eigenvalue weighted by atomic mass is 9.99. The number of nitrogens with zero attached hydrogens (tertiary/aromatic N) is 1. The highest BCUT2D eigenvalue weighted by molar-refractivity contribution is 7.91. The minimum atomic E-state index is -3.05. The van der Waals surface area contributed by atoms with Crippen molar-refractivity contribution in [3.05, 3.63) is 0 Å². The summed E-state index contributed by atoms with van der Waals surface area (Å²) in [7, 11) is -3.05. The third kappa shape index (κ3) is 3.14. The first-order valence-corrected chi connectivity index (χ1v) is 9.92. The van der Waals surface area contributed by atoms with Crippen molar-refractivity contribution in [2.24, 2.45) is 5.92 Å². The third-order valence-electron chi connectivity index (χ3n) is 5.22. The predicted molar refractivity (Wildman–Crippen MR) is 81.9 cm³/mol. The Morgan fingerprint density at radius 3 is 2.59 bits per heavy atom. The van der Waals surface area contributed by atoms with Crippen LogP contribution in [-0.4, -0.2) is 54.8 Å². The molecule has 22 heavy (non-hydrogen) atoms. The molecule has 3 aliphatic rings. The fourth-order valence-electron chi connectivity index (χ4n) is 3.98. The smallest absolute Gasteiger partial charge is 0.225 e. The summed E-state index contributed by atoms with van der Waals surface area (Å²) in [5, 5.41) is 2.89. The molecule has 1 aliphatic carbocycles. The van der Waals surface area contributed by atoms with Crippen molar-refractivity contribution in [1.29, 1.82) is 0 Å². The lowest BCUT2D eigenvalue weighted by Crippen LogP contribution is -2.49. The Hall–Kier alpha value is -1.11. The number of amides is 2. The molecule has 0 spiro atoms. The number of carbonyl (C=O) groups excluding carboxylic acids is 2. The van der Waals surface area contributed by atoms with E-state index in [9.17, 15) is 18.0 Å². The van der Waals surface area contributed by atoms with Crippen LogP contribution in [0.25, 0.3) is 0 Å². The van der Waals surface area contributed by atoms with Crippen LogP contribution in [0, 0.1) is 5.92 Å². The highest BCUT2D eigenvalue weighted by Gasteiger charge is 2.43. The fourth-order valence-corrected chi connectivity index (χ4v) is 6.08. The molecule has 0 aromatic carbocycles. The van der Waals surface area contributed by atoms with Crippen LogP contribution in [0.15, 0.2) is 0 Å². The van der Waals surface area contributed by atoms with Gasteiger partial charge in [-0.05, 0) is 26.2 Å². The fraction of sp³-hybridized carbons (Fsp3) is 0.867.